The van der Waals surface area contributed by atoms with E-state index in [4.69, 9.17) is 0 Å². The van der Waals surface area contributed by atoms with Gasteiger partial charge >= 0.3 is 6.09 Å². The standard InChI is InChI=1S/C6H10N4O4S/c7-6(11)14-2-1-10-15(12,13)5-3-8-9-4-5/h3-4,10H,1-2H2,(H2,7,11)(H,8,9). The van der Waals surface area contributed by atoms with Gasteiger partial charge < -0.3 is 10.5 Å². The predicted molar refractivity (Wildman–Crippen MR) is 49.3 cm³/mol. The second-order valence-corrected chi connectivity index (χ2v) is 4.27. The number of H-pyrrole nitrogens is 1. The van der Waals surface area contributed by atoms with E-state index in [9.17, 15) is 13.2 Å². The highest BCUT2D eigenvalue weighted by Gasteiger charge is 2.14. The summed E-state index contributed by atoms with van der Waals surface area (Å²) in [4.78, 5) is 10.2. The molecule has 0 aliphatic rings. The summed E-state index contributed by atoms with van der Waals surface area (Å²) in [7, 11) is -3.59. The van der Waals surface area contributed by atoms with Crippen LogP contribution in [0.1, 0.15) is 0 Å². The van der Waals surface area contributed by atoms with Crippen LogP contribution in [0.3, 0.4) is 0 Å². The normalized spacial score (nSPS) is 11.2. The van der Waals surface area contributed by atoms with E-state index in [1.54, 1.807) is 0 Å². The van der Waals surface area contributed by atoms with Gasteiger partial charge in [0.25, 0.3) is 0 Å². The highest BCUT2D eigenvalue weighted by molar-refractivity contribution is 7.89. The molecule has 0 aromatic carbocycles. The number of carbonyl (C=O) groups excluding carboxylic acids is 1. The van der Waals surface area contributed by atoms with Gasteiger partial charge in [0.15, 0.2) is 0 Å². The lowest BCUT2D eigenvalue weighted by Gasteiger charge is -2.03. The number of primary amides is 1. The quantitative estimate of drug-likeness (QED) is 0.550. The van der Waals surface area contributed by atoms with Gasteiger partial charge in [-0.3, -0.25) is 5.10 Å². The molecule has 0 spiro atoms. The van der Waals surface area contributed by atoms with Crippen molar-refractivity contribution in [3.8, 4) is 0 Å². The van der Waals surface area contributed by atoms with Gasteiger partial charge in [-0.15, -0.1) is 0 Å². The van der Waals surface area contributed by atoms with Crippen molar-refractivity contribution in [1.29, 1.82) is 0 Å². The fourth-order valence-corrected chi connectivity index (χ4v) is 1.72. The maximum absolute atomic E-state index is 11.4. The summed E-state index contributed by atoms with van der Waals surface area (Å²) < 4.78 is 29.3. The Morgan fingerprint density at radius 3 is 2.93 bits per heavy atom. The van der Waals surface area contributed by atoms with E-state index in [0.717, 1.165) is 6.20 Å². The van der Waals surface area contributed by atoms with Gasteiger partial charge in [0, 0.05) is 12.7 Å². The molecule has 9 heteroatoms. The Hall–Kier alpha value is -1.61. The molecule has 0 unspecified atom stereocenters. The molecule has 4 N–H and O–H groups in total. The van der Waals surface area contributed by atoms with E-state index in [1.165, 1.54) is 6.20 Å². The Bertz CT molecular complexity index is 412. The predicted octanol–water partition coefficient (Wildman–Crippen LogP) is -1.22. The maximum atomic E-state index is 11.4. The third-order valence-electron chi connectivity index (χ3n) is 1.42. The third-order valence-corrected chi connectivity index (χ3v) is 2.85. The zero-order valence-electron chi connectivity index (χ0n) is 7.63. The Labute approximate surface area is 85.8 Å². The van der Waals surface area contributed by atoms with Gasteiger partial charge in [0.1, 0.15) is 11.5 Å². The summed E-state index contributed by atoms with van der Waals surface area (Å²) in [5, 5.41) is 5.87. The van der Waals surface area contributed by atoms with Crippen LogP contribution in [0.2, 0.25) is 0 Å². The smallest absolute Gasteiger partial charge is 0.404 e. The fraction of sp³-hybridized carbons (Fsp3) is 0.333. The number of sulfonamides is 1. The van der Waals surface area contributed by atoms with E-state index in [-0.39, 0.29) is 18.0 Å². The van der Waals surface area contributed by atoms with Crippen molar-refractivity contribution in [3.63, 3.8) is 0 Å². The monoisotopic (exact) mass is 234 g/mol. The first-order chi connectivity index (χ1) is 7.02. The van der Waals surface area contributed by atoms with Crippen molar-refractivity contribution < 1.29 is 17.9 Å². The molecule has 15 heavy (non-hydrogen) atoms. The van der Waals surface area contributed by atoms with Crippen LogP contribution in [-0.4, -0.2) is 37.9 Å². The lowest BCUT2D eigenvalue weighted by Crippen LogP contribution is -2.28. The van der Waals surface area contributed by atoms with Crippen molar-refractivity contribution in [3.05, 3.63) is 12.4 Å². The van der Waals surface area contributed by atoms with Crippen LogP contribution in [0.15, 0.2) is 17.3 Å². The van der Waals surface area contributed by atoms with Crippen LogP contribution in [0.5, 0.6) is 0 Å². The van der Waals surface area contributed by atoms with Crippen molar-refractivity contribution >= 4 is 16.1 Å². The van der Waals surface area contributed by atoms with Gasteiger partial charge in [0.2, 0.25) is 10.0 Å². The number of nitrogens with two attached hydrogens (primary N) is 1. The Kier molecular flexibility index (Phi) is 3.63. The highest BCUT2D eigenvalue weighted by atomic mass is 32.2. The van der Waals surface area contributed by atoms with Crippen molar-refractivity contribution in [2.75, 3.05) is 13.2 Å². The van der Waals surface area contributed by atoms with Gasteiger partial charge in [-0.05, 0) is 0 Å². The number of carbonyl (C=O) groups is 1. The zero-order chi connectivity index (χ0) is 11.3. The Balaban J connectivity index is 2.42. The maximum Gasteiger partial charge on any atom is 0.404 e. The average molecular weight is 234 g/mol. The van der Waals surface area contributed by atoms with Crippen LogP contribution in [0, 0.1) is 0 Å². The number of amides is 1. The summed E-state index contributed by atoms with van der Waals surface area (Å²) in [5.41, 5.74) is 4.68. The van der Waals surface area contributed by atoms with E-state index in [1.807, 2.05) is 0 Å². The van der Waals surface area contributed by atoms with E-state index < -0.39 is 16.1 Å². The van der Waals surface area contributed by atoms with E-state index >= 15 is 0 Å². The molecule has 0 aliphatic heterocycles. The minimum absolute atomic E-state index is 0.0153. The molecule has 1 aromatic rings. The number of aromatic amines is 1. The van der Waals surface area contributed by atoms with Crippen molar-refractivity contribution in [2.24, 2.45) is 5.73 Å². The van der Waals surface area contributed by atoms with Crippen molar-refractivity contribution in [1.82, 2.24) is 14.9 Å². The van der Waals surface area contributed by atoms with Crippen LogP contribution in [0.4, 0.5) is 4.79 Å². The van der Waals surface area contributed by atoms with E-state index in [2.05, 4.69) is 25.4 Å². The summed E-state index contributed by atoms with van der Waals surface area (Å²) in [6.07, 6.45) is 1.45. The molecule has 8 nitrogen and oxygen atoms in total. The van der Waals surface area contributed by atoms with E-state index in [0.29, 0.717) is 0 Å². The molecule has 0 aliphatic carbocycles. The Morgan fingerprint density at radius 2 is 2.40 bits per heavy atom. The third kappa shape index (κ3) is 3.56. The van der Waals surface area contributed by atoms with Crippen LogP contribution in [-0.2, 0) is 14.8 Å². The number of nitrogens with one attached hydrogen (secondary N) is 2. The van der Waals surface area contributed by atoms with Crippen LogP contribution < -0.4 is 10.5 Å². The molecule has 1 amide bonds. The van der Waals surface area contributed by atoms with Gasteiger partial charge in [0.05, 0.1) is 6.20 Å². The summed E-state index contributed by atoms with van der Waals surface area (Å²) in [6.45, 7) is -0.164. The highest BCUT2D eigenvalue weighted by Crippen LogP contribution is 2.03. The molecule has 1 rings (SSSR count). The number of hydrogen-bond acceptors (Lipinski definition) is 5. The van der Waals surface area contributed by atoms with Crippen LogP contribution >= 0.6 is 0 Å². The fourth-order valence-electron chi connectivity index (χ4n) is 0.797. The molecule has 0 bridgehead atoms. The topological polar surface area (TPSA) is 127 Å². The zero-order valence-corrected chi connectivity index (χ0v) is 8.45. The molecule has 0 saturated carbocycles. The molecule has 0 fully saturated rings. The second-order valence-electron chi connectivity index (χ2n) is 2.50. The number of ether oxygens (including phenoxy) is 1. The molecule has 0 atom stereocenters. The lowest BCUT2D eigenvalue weighted by atomic mass is 10.7. The first-order valence-electron chi connectivity index (χ1n) is 3.93. The second kappa shape index (κ2) is 4.75. The molecule has 0 saturated heterocycles. The minimum atomic E-state index is -3.59. The average Bonchev–Trinajstić information content (AvgIpc) is 2.65. The Morgan fingerprint density at radius 1 is 1.67 bits per heavy atom. The molecule has 0 radical (unpaired) electrons. The molecular formula is C6H10N4O4S. The first kappa shape index (κ1) is 11.5. The van der Waals surface area contributed by atoms with Gasteiger partial charge in [-0.25, -0.2) is 17.9 Å². The first-order valence-corrected chi connectivity index (χ1v) is 5.41. The largest absolute Gasteiger partial charge is 0.448 e. The number of rotatable bonds is 5. The minimum Gasteiger partial charge on any atom is -0.448 e. The SMILES string of the molecule is NC(=O)OCCNS(=O)(=O)c1cn[nH]c1. The lowest BCUT2D eigenvalue weighted by molar-refractivity contribution is 0.159. The molecular weight excluding hydrogens is 224 g/mol. The molecule has 84 valence electrons. The summed E-state index contributed by atoms with van der Waals surface area (Å²) in [6, 6.07) is 0. The molecule has 1 heterocycles. The summed E-state index contributed by atoms with van der Waals surface area (Å²) >= 11 is 0. The number of hydrogen-bond donors (Lipinski definition) is 3. The number of aromatic nitrogens is 2. The van der Waals surface area contributed by atoms with Crippen molar-refractivity contribution in [2.45, 2.75) is 4.90 Å². The number of nitrogens with zero attached hydrogens (tertiary/aromatic N) is 1. The summed E-state index contributed by atoms with van der Waals surface area (Å²) in [5.74, 6) is 0. The van der Waals surface area contributed by atoms with Gasteiger partial charge in [-0.2, -0.15) is 5.10 Å². The van der Waals surface area contributed by atoms with Gasteiger partial charge in [-0.1, -0.05) is 0 Å². The van der Waals surface area contributed by atoms with Crippen LogP contribution in [0.25, 0.3) is 0 Å². The molecule has 1 aromatic heterocycles.